The topological polar surface area (TPSA) is 55.4 Å². The number of nitrogens with one attached hydrogen (secondary N) is 1. The molecule has 0 saturated heterocycles. The summed E-state index contributed by atoms with van der Waals surface area (Å²) in [6, 6.07) is 6.82. The van der Waals surface area contributed by atoms with Crippen LogP contribution in [0.5, 0.6) is 0 Å². The standard InChI is InChI=1S/C15H20ClNO3/c1-15(2,3)20-14(19)9-17-13(10-18)8-11-4-6-12(16)7-5-11/h4-7,10,13,17H,8-9H2,1-3H3. The highest BCUT2D eigenvalue weighted by molar-refractivity contribution is 6.30. The lowest BCUT2D eigenvalue weighted by Crippen LogP contribution is -2.39. The van der Waals surface area contributed by atoms with Gasteiger partial charge in [0.25, 0.3) is 0 Å². The fourth-order valence-electron chi connectivity index (χ4n) is 1.63. The summed E-state index contributed by atoms with van der Waals surface area (Å²) in [6.45, 7) is 5.41. The van der Waals surface area contributed by atoms with Gasteiger partial charge in [0.2, 0.25) is 0 Å². The van der Waals surface area contributed by atoms with Gasteiger partial charge in [0.05, 0.1) is 12.6 Å². The highest BCUT2D eigenvalue weighted by atomic mass is 35.5. The van der Waals surface area contributed by atoms with E-state index in [-0.39, 0.29) is 12.5 Å². The van der Waals surface area contributed by atoms with E-state index in [0.717, 1.165) is 11.8 Å². The maximum absolute atomic E-state index is 11.6. The van der Waals surface area contributed by atoms with Crippen molar-refractivity contribution in [3.05, 3.63) is 34.9 Å². The van der Waals surface area contributed by atoms with Gasteiger partial charge >= 0.3 is 5.97 Å². The van der Waals surface area contributed by atoms with Crippen molar-refractivity contribution in [2.24, 2.45) is 0 Å². The Balaban J connectivity index is 2.45. The Morgan fingerprint density at radius 3 is 2.45 bits per heavy atom. The van der Waals surface area contributed by atoms with E-state index in [4.69, 9.17) is 16.3 Å². The number of benzene rings is 1. The van der Waals surface area contributed by atoms with Gasteiger partial charge in [-0.15, -0.1) is 0 Å². The first-order valence-electron chi connectivity index (χ1n) is 6.45. The quantitative estimate of drug-likeness (QED) is 0.647. The van der Waals surface area contributed by atoms with Crippen molar-refractivity contribution in [3.8, 4) is 0 Å². The molecule has 1 aromatic carbocycles. The number of ether oxygens (including phenoxy) is 1. The van der Waals surface area contributed by atoms with Crippen molar-refractivity contribution in [1.29, 1.82) is 0 Å². The van der Waals surface area contributed by atoms with Crippen LogP contribution in [0.2, 0.25) is 5.02 Å². The van der Waals surface area contributed by atoms with Crippen molar-refractivity contribution in [3.63, 3.8) is 0 Å². The molecule has 5 heteroatoms. The smallest absolute Gasteiger partial charge is 0.320 e. The SMILES string of the molecule is CC(C)(C)OC(=O)CNC(C=O)Cc1ccc(Cl)cc1. The van der Waals surface area contributed by atoms with E-state index in [0.29, 0.717) is 11.4 Å². The highest BCUT2D eigenvalue weighted by Crippen LogP contribution is 2.11. The molecule has 1 unspecified atom stereocenters. The number of hydrogen-bond donors (Lipinski definition) is 1. The van der Waals surface area contributed by atoms with Crippen LogP contribution < -0.4 is 5.32 Å². The molecule has 1 rings (SSSR count). The van der Waals surface area contributed by atoms with Crippen LogP contribution in [0.3, 0.4) is 0 Å². The minimum atomic E-state index is -0.522. The zero-order chi connectivity index (χ0) is 15.2. The molecule has 0 aromatic heterocycles. The molecule has 1 N–H and O–H groups in total. The summed E-state index contributed by atoms with van der Waals surface area (Å²) in [7, 11) is 0. The van der Waals surface area contributed by atoms with Gasteiger partial charge in [0.15, 0.2) is 0 Å². The fourth-order valence-corrected chi connectivity index (χ4v) is 1.76. The van der Waals surface area contributed by atoms with Gasteiger partial charge in [-0.1, -0.05) is 23.7 Å². The third kappa shape index (κ3) is 6.68. The number of carbonyl (C=O) groups excluding carboxylic acids is 2. The summed E-state index contributed by atoms with van der Waals surface area (Å²) >= 11 is 5.80. The van der Waals surface area contributed by atoms with Crippen LogP contribution >= 0.6 is 11.6 Å². The van der Waals surface area contributed by atoms with Gasteiger partial charge in [-0.05, 0) is 44.9 Å². The Bertz CT molecular complexity index is 451. The molecule has 20 heavy (non-hydrogen) atoms. The maximum atomic E-state index is 11.6. The first-order valence-corrected chi connectivity index (χ1v) is 6.83. The third-order valence-electron chi connectivity index (χ3n) is 2.46. The van der Waals surface area contributed by atoms with E-state index in [2.05, 4.69) is 5.32 Å². The van der Waals surface area contributed by atoms with Crippen LogP contribution in [0, 0.1) is 0 Å². The zero-order valence-electron chi connectivity index (χ0n) is 12.0. The van der Waals surface area contributed by atoms with E-state index < -0.39 is 11.6 Å². The first kappa shape index (κ1) is 16.7. The number of aldehydes is 1. The monoisotopic (exact) mass is 297 g/mol. The van der Waals surface area contributed by atoms with Gasteiger partial charge in [0, 0.05) is 5.02 Å². The second-order valence-corrected chi connectivity index (χ2v) is 5.98. The van der Waals surface area contributed by atoms with Gasteiger partial charge < -0.3 is 9.53 Å². The molecular formula is C15H20ClNO3. The second kappa shape index (κ2) is 7.41. The Morgan fingerprint density at radius 2 is 1.95 bits per heavy atom. The molecule has 1 atom stereocenters. The predicted octanol–water partition coefficient (Wildman–Crippen LogP) is 2.38. The Morgan fingerprint density at radius 1 is 1.35 bits per heavy atom. The summed E-state index contributed by atoms with van der Waals surface area (Å²) in [5.41, 5.74) is 0.453. The lowest BCUT2D eigenvalue weighted by molar-refractivity contribution is -0.153. The molecule has 0 fully saturated rings. The van der Waals surface area contributed by atoms with Crippen LogP contribution in [0.1, 0.15) is 26.3 Å². The Hall–Kier alpha value is -1.39. The predicted molar refractivity (Wildman–Crippen MR) is 78.9 cm³/mol. The van der Waals surface area contributed by atoms with E-state index in [1.54, 1.807) is 32.9 Å². The molecule has 0 heterocycles. The van der Waals surface area contributed by atoms with E-state index >= 15 is 0 Å². The summed E-state index contributed by atoms with van der Waals surface area (Å²) in [5.74, 6) is -0.375. The van der Waals surface area contributed by atoms with Crippen LogP contribution in [0.15, 0.2) is 24.3 Å². The number of rotatable bonds is 6. The van der Waals surface area contributed by atoms with E-state index in [9.17, 15) is 9.59 Å². The van der Waals surface area contributed by atoms with Gasteiger partial charge in [-0.3, -0.25) is 10.1 Å². The summed E-state index contributed by atoms with van der Waals surface area (Å²) in [4.78, 5) is 22.6. The minimum absolute atomic E-state index is 0.00820. The number of esters is 1. The number of carbonyl (C=O) groups is 2. The normalized spacial score (nSPS) is 12.8. The third-order valence-corrected chi connectivity index (χ3v) is 2.71. The largest absolute Gasteiger partial charge is 0.459 e. The maximum Gasteiger partial charge on any atom is 0.320 e. The van der Waals surface area contributed by atoms with E-state index in [1.165, 1.54) is 0 Å². The van der Waals surface area contributed by atoms with Crippen LogP contribution in [0.25, 0.3) is 0 Å². The van der Waals surface area contributed by atoms with Gasteiger partial charge in [-0.25, -0.2) is 0 Å². The Labute approximate surface area is 124 Å². The molecule has 0 aliphatic rings. The van der Waals surface area contributed by atoms with Crippen LogP contribution in [0.4, 0.5) is 0 Å². The summed E-state index contributed by atoms with van der Waals surface area (Å²) in [5, 5.41) is 3.53. The molecule has 0 bridgehead atoms. The summed E-state index contributed by atoms with van der Waals surface area (Å²) < 4.78 is 5.16. The molecule has 0 aliphatic heterocycles. The van der Waals surface area contributed by atoms with E-state index in [1.807, 2.05) is 12.1 Å². The Kier molecular flexibility index (Phi) is 6.17. The molecule has 4 nitrogen and oxygen atoms in total. The van der Waals surface area contributed by atoms with Gasteiger partial charge in [0.1, 0.15) is 11.9 Å². The van der Waals surface area contributed by atoms with Crippen molar-refractivity contribution in [2.45, 2.75) is 38.8 Å². The fraction of sp³-hybridized carbons (Fsp3) is 0.467. The van der Waals surface area contributed by atoms with Crippen molar-refractivity contribution in [2.75, 3.05) is 6.54 Å². The average molecular weight is 298 g/mol. The molecule has 0 radical (unpaired) electrons. The molecule has 1 aromatic rings. The minimum Gasteiger partial charge on any atom is -0.459 e. The molecule has 0 saturated carbocycles. The second-order valence-electron chi connectivity index (χ2n) is 5.54. The molecule has 0 aliphatic carbocycles. The first-order chi connectivity index (χ1) is 9.30. The van der Waals surface area contributed by atoms with Crippen molar-refractivity contribution < 1.29 is 14.3 Å². The van der Waals surface area contributed by atoms with Crippen LogP contribution in [-0.4, -0.2) is 30.4 Å². The lowest BCUT2D eigenvalue weighted by atomic mass is 10.1. The average Bonchev–Trinajstić information content (AvgIpc) is 2.34. The van der Waals surface area contributed by atoms with Crippen molar-refractivity contribution >= 4 is 23.9 Å². The molecule has 0 amide bonds. The number of halogens is 1. The van der Waals surface area contributed by atoms with Crippen molar-refractivity contribution in [1.82, 2.24) is 5.32 Å². The molecule has 0 spiro atoms. The number of hydrogen-bond acceptors (Lipinski definition) is 4. The zero-order valence-corrected chi connectivity index (χ0v) is 12.7. The lowest BCUT2D eigenvalue weighted by Gasteiger charge is -2.20. The van der Waals surface area contributed by atoms with Gasteiger partial charge in [-0.2, -0.15) is 0 Å². The summed E-state index contributed by atoms with van der Waals surface area (Å²) in [6.07, 6.45) is 1.29. The van der Waals surface area contributed by atoms with Crippen LogP contribution in [-0.2, 0) is 20.7 Å². The highest BCUT2D eigenvalue weighted by Gasteiger charge is 2.17. The molecular weight excluding hydrogens is 278 g/mol. The molecule has 110 valence electrons.